The number of rotatable bonds is 5. The average molecular weight is 296 g/mol. The highest BCUT2D eigenvalue weighted by Crippen LogP contribution is 2.24. The standard InChI is InChI=1S/C14H14ClNO4/c1-4-20-14(19)10-5-6-11(15)12(7-10)16-13(18)8(2)9(3)17/h5-7H,2,4H2,1,3H3,(H,16,18). The molecule has 0 radical (unpaired) electrons. The molecule has 6 heteroatoms. The number of ketones is 1. The Morgan fingerprint density at radius 1 is 1.35 bits per heavy atom. The highest BCUT2D eigenvalue weighted by atomic mass is 35.5. The van der Waals surface area contributed by atoms with Gasteiger partial charge in [-0.2, -0.15) is 0 Å². The molecule has 106 valence electrons. The van der Waals surface area contributed by atoms with Gasteiger partial charge in [0.15, 0.2) is 5.78 Å². The molecule has 0 aliphatic rings. The number of carbonyl (C=O) groups is 3. The van der Waals surface area contributed by atoms with E-state index >= 15 is 0 Å². The van der Waals surface area contributed by atoms with Gasteiger partial charge in [0.25, 0.3) is 5.91 Å². The van der Waals surface area contributed by atoms with Crippen molar-refractivity contribution in [1.82, 2.24) is 0 Å². The molecule has 20 heavy (non-hydrogen) atoms. The summed E-state index contributed by atoms with van der Waals surface area (Å²) in [5.41, 5.74) is 0.271. The fourth-order valence-corrected chi connectivity index (χ4v) is 1.48. The second-order valence-corrected chi connectivity index (χ2v) is 4.31. The SMILES string of the molecule is C=C(C(C)=O)C(=O)Nc1cc(C(=O)OCC)ccc1Cl. The van der Waals surface area contributed by atoms with Crippen LogP contribution in [0.1, 0.15) is 24.2 Å². The Bertz CT molecular complexity index is 581. The van der Waals surface area contributed by atoms with Crippen molar-refractivity contribution >= 4 is 34.9 Å². The van der Waals surface area contributed by atoms with Gasteiger partial charge in [0, 0.05) is 0 Å². The van der Waals surface area contributed by atoms with Gasteiger partial charge in [0.2, 0.25) is 0 Å². The largest absolute Gasteiger partial charge is 0.462 e. The molecule has 0 aliphatic carbocycles. The first-order chi connectivity index (χ1) is 9.36. The third-order valence-corrected chi connectivity index (χ3v) is 2.75. The topological polar surface area (TPSA) is 72.5 Å². The van der Waals surface area contributed by atoms with Crippen LogP contribution >= 0.6 is 11.6 Å². The van der Waals surface area contributed by atoms with Gasteiger partial charge >= 0.3 is 5.97 Å². The maximum Gasteiger partial charge on any atom is 0.338 e. The summed E-state index contributed by atoms with van der Waals surface area (Å²) in [4.78, 5) is 34.3. The van der Waals surface area contributed by atoms with Crippen LogP contribution < -0.4 is 5.32 Å². The van der Waals surface area contributed by atoms with Gasteiger partial charge in [-0.1, -0.05) is 18.2 Å². The Morgan fingerprint density at radius 2 is 2.00 bits per heavy atom. The molecule has 1 aromatic carbocycles. The van der Waals surface area contributed by atoms with Crippen LogP contribution in [0.5, 0.6) is 0 Å². The Kier molecular flexibility index (Phi) is 5.46. The second kappa shape index (κ2) is 6.86. The Hall–Kier alpha value is -2.14. The molecule has 0 atom stereocenters. The van der Waals surface area contributed by atoms with Crippen LogP contribution in [0, 0.1) is 0 Å². The van der Waals surface area contributed by atoms with Crippen LogP contribution in [0.25, 0.3) is 0 Å². The van der Waals surface area contributed by atoms with Crippen molar-refractivity contribution in [1.29, 1.82) is 0 Å². The van der Waals surface area contributed by atoms with Crippen molar-refractivity contribution in [2.24, 2.45) is 0 Å². The summed E-state index contributed by atoms with van der Waals surface area (Å²) in [6.07, 6.45) is 0. The number of nitrogens with one attached hydrogen (secondary N) is 1. The second-order valence-electron chi connectivity index (χ2n) is 3.90. The summed E-state index contributed by atoms with van der Waals surface area (Å²) in [5, 5.41) is 2.67. The minimum Gasteiger partial charge on any atom is -0.462 e. The Balaban J connectivity index is 2.98. The zero-order valence-electron chi connectivity index (χ0n) is 11.2. The summed E-state index contributed by atoms with van der Waals surface area (Å²) in [6, 6.07) is 4.32. The van der Waals surface area contributed by atoms with Crippen LogP contribution in [0.15, 0.2) is 30.4 Å². The Morgan fingerprint density at radius 3 is 2.55 bits per heavy atom. The van der Waals surface area contributed by atoms with Gasteiger partial charge < -0.3 is 10.1 Å². The van der Waals surface area contributed by atoms with Gasteiger partial charge in [0.05, 0.1) is 28.5 Å². The minimum atomic E-state index is -0.666. The molecule has 1 aromatic rings. The first-order valence-corrected chi connectivity index (χ1v) is 6.22. The number of benzene rings is 1. The lowest BCUT2D eigenvalue weighted by Gasteiger charge is -2.09. The monoisotopic (exact) mass is 295 g/mol. The minimum absolute atomic E-state index is 0.192. The molecule has 0 aliphatic heterocycles. The number of ether oxygens (including phenoxy) is 1. The number of carbonyl (C=O) groups excluding carboxylic acids is 3. The van der Waals surface area contributed by atoms with Crippen molar-refractivity contribution in [3.05, 3.63) is 40.9 Å². The quantitative estimate of drug-likeness (QED) is 0.392. The maximum absolute atomic E-state index is 11.7. The van der Waals surface area contributed by atoms with Gasteiger partial charge in [-0.25, -0.2) is 4.79 Å². The van der Waals surface area contributed by atoms with Crippen molar-refractivity contribution < 1.29 is 19.1 Å². The number of hydrogen-bond acceptors (Lipinski definition) is 4. The van der Waals surface area contributed by atoms with E-state index in [9.17, 15) is 14.4 Å². The lowest BCUT2D eigenvalue weighted by Crippen LogP contribution is -2.18. The molecule has 0 saturated carbocycles. The lowest BCUT2D eigenvalue weighted by atomic mass is 10.1. The van der Waals surface area contributed by atoms with E-state index in [0.29, 0.717) is 0 Å². The van der Waals surface area contributed by atoms with E-state index in [1.165, 1.54) is 25.1 Å². The van der Waals surface area contributed by atoms with Crippen molar-refractivity contribution in [2.75, 3.05) is 11.9 Å². The molecule has 1 rings (SSSR count). The molecule has 0 fully saturated rings. The van der Waals surface area contributed by atoms with Gasteiger partial charge in [0.1, 0.15) is 0 Å². The fourth-order valence-electron chi connectivity index (χ4n) is 1.32. The number of halogens is 1. The molecule has 5 nitrogen and oxygen atoms in total. The molecule has 0 heterocycles. The van der Waals surface area contributed by atoms with Crippen LogP contribution in [-0.2, 0) is 14.3 Å². The molecule has 0 bridgehead atoms. The number of amides is 1. The van der Waals surface area contributed by atoms with Gasteiger partial charge in [-0.15, -0.1) is 0 Å². The third-order valence-electron chi connectivity index (χ3n) is 2.42. The number of hydrogen-bond donors (Lipinski definition) is 1. The van der Waals surface area contributed by atoms with Crippen LogP contribution in [0.4, 0.5) is 5.69 Å². The smallest absolute Gasteiger partial charge is 0.338 e. The summed E-state index contributed by atoms with van der Waals surface area (Å²) < 4.78 is 4.85. The maximum atomic E-state index is 11.7. The van der Waals surface area contributed by atoms with E-state index in [4.69, 9.17) is 16.3 Å². The van der Waals surface area contributed by atoms with Crippen LogP contribution in [-0.4, -0.2) is 24.3 Å². The van der Waals surface area contributed by atoms with E-state index in [2.05, 4.69) is 11.9 Å². The summed E-state index contributed by atoms with van der Waals surface area (Å²) in [6.45, 7) is 6.53. The highest BCUT2D eigenvalue weighted by molar-refractivity contribution is 6.34. The highest BCUT2D eigenvalue weighted by Gasteiger charge is 2.15. The number of Topliss-reactive ketones (excluding diaryl/α,β-unsaturated/α-hetero) is 1. The number of esters is 1. The summed E-state index contributed by atoms with van der Waals surface area (Å²) in [5.74, 6) is -1.63. The Labute approximate surface area is 121 Å². The van der Waals surface area contributed by atoms with Gasteiger partial charge in [-0.3, -0.25) is 9.59 Å². The molecule has 0 unspecified atom stereocenters. The van der Waals surface area contributed by atoms with Gasteiger partial charge in [-0.05, 0) is 32.0 Å². The molecular weight excluding hydrogens is 282 g/mol. The molecule has 0 spiro atoms. The lowest BCUT2D eigenvalue weighted by molar-refractivity contribution is -0.118. The fraction of sp³-hybridized carbons (Fsp3) is 0.214. The summed E-state index contributed by atoms with van der Waals surface area (Å²) in [7, 11) is 0. The average Bonchev–Trinajstić information content (AvgIpc) is 2.40. The van der Waals surface area contributed by atoms with Crippen molar-refractivity contribution in [2.45, 2.75) is 13.8 Å². The van der Waals surface area contributed by atoms with E-state index < -0.39 is 17.7 Å². The molecule has 0 saturated heterocycles. The predicted molar refractivity (Wildman–Crippen MR) is 75.9 cm³/mol. The molecular formula is C14H14ClNO4. The van der Waals surface area contributed by atoms with E-state index in [1.807, 2.05) is 0 Å². The zero-order chi connectivity index (χ0) is 15.3. The van der Waals surface area contributed by atoms with Crippen LogP contribution in [0.2, 0.25) is 5.02 Å². The summed E-state index contributed by atoms with van der Waals surface area (Å²) >= 11 is 5.92. The van der Waals surface area contributed by atoms with Crippen molar-refractivity contribution in [3.63, 3.8) is 0 Å². The number of anilines is 1. The van der Waals surface area contributed by atoms with Crippen LogP contribution in [0.3, 0.4) is 0 Å². The molecule has 0 aromatic heterocycles. The molecule has 1 N–H and O–H groups in total. The zero-order valence-corrected chi connectivity index (χ0v) is 11.9. The first kappa shape index (κ1) is 15.9. The van der Waals surface area contributed by atoms with Crippen molar-refractivity contribution in [3.8, 4) is 0 Å². The third kappa shape index (κ3) is 3.93. The van der Waals surface area contributed by atoms with E-state index in [1.54, 1.807) is 6.92 Å². The predicted octanol–water partition coefficient (Wildman–Crippen LogP) is 2.60. The normalized spacial score (nSPS) is 9.75. The molecule has 1 amide bonds. The van der Waals surface area contributed by atoms with E-state index in [0.717, 1.165) is 0 Å². The van der Waals surface area contributed by atoms with E-state index in [-0.39, 0.29) is 28.5 Å². The first-order valence-electron chi connectivity index (χ1n) is 5.84.